The maximum absolute atomic E-state index is 6.35. The van der Waals surface area contributed by atoms with Gasteiger partial charge in [0.2, 0.25) is 0 Å². The molecule has 0 bridgehead atoms. The van der Waals surface area contributed by atoms with Crippen LogP contribution in [0.25, 0.3) is 82.4 Å². The number of rotatable bonds is 3. The molecular weight excluding hydrogens is 558 g/mol. The number of hydrogen-bond acceptors (Lipinski definition) is 1. The number of hydrogen-bond donors (Lipinski definition) is 0. The van der Waals surface area contributed by atoms with Crippen LogP contribution in [0.2, 0.25) is 0 Å². The van der Waals surface area contributed by atoms with Crippen molar-refractivity contribution >= 4 is 43.4 Å². The summed E-state index contributed by atoms with van der Waals surface area (Å²) in [5, 5.41) is 7.48. The van der Waals surface area contributed by atoms with Crippen LogP contribution in [0.4, 0.5) is 0 Å². The van der Waals surface area contributed by atoms with Crippen LogP contribution in [-0.2, 0) is 0 Å². The molecule has 46 heavy (non-hydrogen) atoms. The molecule has 0 saturated carbocycles. The minimum absolute atomic E-state index is 0.903. The molecule has 8 aromatic carbocycles. The van der Waals surface area contributed by atoms with Crippen LogP contribution in [-0.4, -0.2) is 4.57 Å². The van der Waals surface area contributed by atoms with Gasteiger partial charge in [-0.1, -0.05) is 121 Å². The largest absolute Gasteiger partial charge is 0.456 e. The van der Waals surface area contributed by atoms with Gasteiger partial charge in [0, 0.05) is 27.4 Å². The molecular formula is C44H27NO. The Morgan fingerprint density at radius 3 is 1.91 bits per heavy atom. The molecule has 10 rings (SSSR count). The minimum atomic E-state index is 0.903. The van der Waals surface area contributed by atoms with Crippen molar-refractivity contribution in [3.05, 3.63) is 164 Å². The fraction of sp³-hybridized carbons (Fsp3) is 0. The van der Waals surface area contributed by atoms with Crippen molar-refractivity contribution in [1.29, 1.82) is 0 Å². The van der Waals surface area contributed by atoms with E-state index in [1.807, 2.05) is 0 Å². The van der Waals surface area contributed by atoms with Crippen molar-refractivity contribution in [2.45, 2.75) is 0 Å². The normalized spacial score (nSPS) is 12.1. The highest BCUT2D eigenvalue weighted by atomic mass is 16.5. The Labute approximate surface area is 266 Å². The zero-order chi connectivity index (χ0) is 30.2. The van der Waals surface area contributed by atoms with Gasteiger partial charge in [-0.15, -0.1) is 0 Å². The van der Waals surface area contributed by atoms with Crippen molar-refractivity contribution in [3.8, 4) is 50.6 Å². The number of aromatic nitrogens is 1. The van der Waals surface area contributed by atoms with E-state index in [1.165, 1.54) is 76.9 Å². The number of benzene rings is 8. The number of para-hydroxylation sites is 2. The summed E-state index contributed by atoms with van der Waals surface area (Å²) in [4.78, 5) is 0. The van der Waals surface area contributed by atoms with Crippen LogP contribution >= 0.6 is 0 Å². The van der Waals surface area contributed by atoms with Crippen molar-refractivity contribution in [2.24, 2.45) is 0 Å². The summed E-state index contributed by atoms with van der Waals surface area (Å²) >= 11 is 0. The van der Waals surface area contributed by atoms with E-state index in [-0.39, 0.29) is 0 Å². The third-order valence-corrected chi connectivity index (χ3v) is 9.58. The number of fused-ring (bicyclic) bond motifs is 7. The highest BCUT2D eigenvalue weighted by molar-refractivity contribution is 6.24. The Hall–Kier alpha value is -6.12. The molecule has 0 N–H and O–H groups in total. The Morgan fingerprint density at radius 2 is 1.07 bits per heavy atom. The van der Waals surface area contributed by atoms with Gasteiger partial charge in [-0.2, -0.15) is 0 Å². The Bertz CT molecular complexity index is 2640. The SMILES string of the molecule is c1ccc(-n2c3ccccc3c3c4ccccc4c(-c4ccc(-c5ccc6c(c5)-c5cccc7cccc(c57)O6)cc4)cc32)cc1. The van der Waals surface area contributed by atoms with Crippen molar-refractivity contribution in [2.75, 3.05) is 0 Å². The number of nitrogens with zero attached hydrogens (tertiary/aromatic N) is 1. The summed E-state index contributed by atoms with van der Waals surface area (Å²) in [6, 6.07) is 59.0. The van der Waals surface area contributed by atoms with Gasteiger partial charge in [-0.25, -0.2) is 0 Å². The first-order chi connectivity index (χ1) is 22.8. The van der Waals surface area contributed by atoms with Gasteiger partial charge in [0.05, 0.1) is 11.0 Å². The molecule has 0 fully saturated rings. The molecule has 0 aliphatic carbocycles. The quantitative estimate of drug-likeness (QED) is 0.201. The van der Waals surface area contributed by atoms with Crippen LogP contribution in [0.5, 0.6) is 11.5 Å². The van der Waals surface area contributed by atoms with Gasteiger partial charge in [-0.05, 0) is 86.4 Å². The summed E-state index contributed by atoms with van der Waals surface area (Å²) in [7, 11) is 0. The molecule has 9 aromatic rings. The second kappa shape index (κ2) is 9.69. The highest BCUT2D eigenvalue weighted by Crippen LogP contribution is 2.48. The third kappa shape index (κ3) is 3.65. The molecule has 0 unspecified atom stereocenters. The summed E-state index contributed by atoms with van der Waals surface area (Å²) in [5.41, 5.74) is 10.8. The minimum Gasteiger partial charge on any atom is -0.456 e. The molecule has 0 amide bonds. The van der Waals surface area contributed by atoms with Crippen molar-refractivity contribution in [1.82, 2.24) is 4.57 Å². The van der Waals surface area contributed by atoms with Gasteiger partial charge >= 0.3 is 0 Å². The van der Waals surface area contributed by atoms with Crippen LogP contribution in [0.3, 0.4) is 0 Å². The van der Waals surface area contributed by atoms with Crippen molar-refractivity contribution < 1.29 is 4.74 Å². The first kappa shape index (κ1) is 25.2. The lowest BCUT2D eigenvalue weighted by Crippen LogP contribution is -1.97. The van der Waals surface area contributed by atoms with Crippen LogP contribution in [0, 0.1) is 0 Å². The van der Waals surface area contributed by atoms with E-state index in [4.69, 9.17) is 4.74 Å². The average Bonchev–Trinajstić information content (AvgIpc) is 3.46. The third-order valence-electron chi connectivity index (χ3n) is 9.58. The molecule has 2 heterocycles. The lowest BCUT2D eigenvalue weighted by atomic mass is 9.91. The lowest BCUT2D eigenvalue weighted by Gasteiger charge is -2.22. The first-order valence-corrected chi connectivity index (χ1v) is 15.8. The van der Waals surface area contributed by atoms with E-state index in [0.717, 1.165) is 17.1 Å². The van der Waals surface area contributed by atoms with Gasteiger partial charge in [0.1, 0.15) is 11.5 Å². The van der Waals surface area contributed by atoms with E-state index < -0.39 is 0 Å². The molecule has 214 valence electrons. The second-order valence-corrected chi connectivity index (χ2v) is 12.1. The molecule has 0 atom stereocenters. The maximum Gasteiger partial charge on any atom is 0.135 e. The highest BCUT2D eigenvalue weighted by Gasteiger charge is 2.21. The lowest BCUT2D eigenvalue weighted by molar-refractivity contribution is 0.487. The first-order valence-electron chi connectivity index (χ1n) is 15.8. The van der Waals surface area contributed by atoms with E-state index in [9.17, 15) is 0 Å². The van der Waals surface area contributed by atoms with Gasteiger partial charge in [0.25, 0.3) is 0 Å². The molecule has 1 aromatic heterocycles. The van der Waals surface area contributed by atoms with Gasteiger partial charge in [0.15, 0.2) is 0 Å². The maximum atomic E-state index is 6.35. The fourth-order valence-electron chi connectivity index (χ4n) is 7.51. The molecule has 2 heteroatoms. The van der Waals surface area contributed by atoms with Crippen LogP contribution in [0.1, 0.15) is 0 Å². The monoisotopic (exact) mass is 585 g/mol. The van der Waals surface area contributed by atoms with E-state index in [2.05, 4.69) is 168 Å². The fourth-order valence-corrected chi connectivity index (χ4v) is 7.51. The summed E-state index contributed by atoms with van der Waals surface area (Å²) in [5.74, 6) is 1.83. The summed E-state index contributed by atoms with van der Waals surface area (Å²) < 4.78 is 8.76. The topological polar surface area (TPSA) is 14.2 Å². The average molecular weight is 586 g/mol. The Kier molecular flexibility index (Phi) is 5.31. The molecule has 1 aliphatic heterocycles. The van der Waals surface area contributed by atoms with E-state index >= 15 is 0 Å². The second-order valence-electron chi connectivity index (χ2n) is 12.1. The summed E-state index contributed by atoms with van der Waals surface area (Å²) in [6.07, 6.45) is 0. The summed E-state index contributed by atoms with van der Waals surface area (Å²) in [6.45, 7) is 0. The molecule has 2 nitrogen and oxygen atoms in total. The predicted octanol–water partition coefficient (Wildman–Crippen LogP) is 12.2. The molecule has 0 radical (unpaired) electrons. The van der Waals surface area contributed by atoms with Crippen LogP contribution < -0.4 is 4.74 Å². The Morgan fingerprint density at radius 1 is 0.370 bits per heavy atom. The molecule has 0 saturated heterocycles. The van der Waals surface area contributed by atoms with E-state index in [1.54, 1.807) is 0 Å². The van der Waals surface area contributed by atoms with Crippen molar-refractivity contribution in [3.63, 3.8) is 0 Å². The number of ether oxygens (including phenoxy) is 1. The smallest absolute Gasteiger partial charge is 0.135 e. The van der Waals surface area contributed by atoms with E-state index in [0.29, 0.717) is 0 Å². The van der Waals surface area contributed by atoms with Crippen LogP contribution in [0.15, 0.2) is 164 Å². The standard InChI is InChI=1S/C44H27NO/c1-2-12-32(13-3-1)45-39-18-7-6-16-36(39)44-34-15-5-4-14-33(34)37(27-40(44)45)29-22-20-28(21-23-29)31-24-25-41-38(26-31)35-17-8-10-30-11-9-19-42(46-41)43(30)35/h1-27H. The van der Waals surface area contributed by atoms with Gasteiger partial charge in [-0.3, -0.25) is 0 Å². The zero-order valence-electron chi connectivity index (χ0n) is 24.9. The van der Waals surface area contributed by atoms with Gasteiger partial charge < -0.3 is 9.30 Å². The molecule has 1 aliphatic rings. The Balaban J connectivity index is 1.14. The zero-order valence-corrected chi connectivity index (χ0v) is 24.9. The molecule has 0 spiro atoms. The predicted molar refractivity (Wildman–Crippen MR) is 192 cm³/mol.